The van der Waals surface area contributed by atoms with Crippen LogP contribution in [0.15, 0.2) is 48.6 Å². The van der Waals surface area contributed by atoms with Crippen LogP contribution in [-0.2, 0) is 4.79 Å². The summed E-state index contributed by atoms with van der Waals surface area (Å²) in [5.74, 6) is 2.27. The van der Waals surface area contributed by atoms with Gasteiger partial charge in [-0.1, -0.05) is 56.7 Å². The second kappa shape index (κ2) is 12.8. The molecule has 1 N–H and O–H groups in total. The third-order valence-electron chi connectivity index (χ3n) is 4.46. The van der Waals surface area contributed by atoms with E-state index in [1.807, 2.05) is 30.4 Å². The number of benzene rings is 1. The average molecular weight is 384 g/mol. The molecule has 0 saturated carbocycles. The van der Waals surface area contributed by atoms with Crippen molar-refractivity contribution in [3.63, 3.8) is 0 Å². The number of amides is 1. The SMILES string of the molecule is CC(C)CCC/C=C/CCCCNC(=O)/C=C/C=C/c1ccc2c(c1)OCO2. The van der Waals surface area contributed by atoms with E-state index in [9.17, 15) is 4.79 Å². The first-order valence-electron chi connectivity index (χ1n) is 10.3. The fourth-order valence-corrected chi connectivity index (χ4v) is 2.86. The van der Waals surface area contributed by atoms with Gasteiger partial charge in [-0.05, 0) is 55.7 Å². The molecular formula is C24H33NO3. The Morgan fingerprint density at radius 2 is 1.86 bits per heavy atom. The summed E-state index contributed by atoms with van der Waals surface area (Å²) >= 11 is 0. The van der Waals surface area contributed by atoms with Gasteiger partial charge in [0.1, 0.15) is 0 Å². The van der Waals surface area contributed by atoms with E-state index in [0.29, 0.717) is 0 Å². The summed E-state index contributed by atoms with van der Waals surface area (Å²) in [6.45, 7) is 5.53. The molecule has 152 valence electrons. The van der Waals surface area contributed by atoms with E-state index in [1.165, 1.54) is 19.3 Å². The van der Waals surface area contributed by atoms with Gasteiger partial charge in [0.25, 0.3) is 0 Å². The molecule has 0 atom stereocenters. The summed E-state index contributed by atoms with van der Waals surface area (Å²) in [7, 11) is 0. The summed E-state index contributed by atoms with van der Waals surface area (Å²) in [5, 5.41) is 2.92. The monoisotopic (exact) mass is 383 g/mol. The molecule has 28 heavy (non-hydrogen) atoms. The summed E-state index contributed by atoms with van der Waals surface area (Å²) in [6, 6.07) is 5.77. The second-order valence-corrected chi connectivity index (χ2v) is 7.41. The number of hydrogen-bond donors (Lipinski definition) is 1. The lowest BCUT2D eigenvalue weighted by atomic mass is 10.1. The van der Waals surface area contributed by atoms with E-state index < -0.39 is 0 Å². The van der Waals surface area contributed by atoms with Crippen LogP contribution >= 0.6 is 0 Å². The predicted octanol–water partition coefficient (Wildman–Crippen LogP) is 5.65. The minimum Gasteiger partial charge on any atom is -0.454 e. The molecule has 0 radical (unpaired) electrons. The van der Waals surface area contributed by atoms with Crippen LogP contribution in [0.25, 0.3) is 6.08 Å². The van der Waals surface area contributed by atoms with Crippen molar-refractivity contribution in [2.45, 2.75) is 52.4 Å². The van der Waals surface area contributed by atoms with Crippen LogP contribution in [0.4, 0.5) is 0 Å². The van der Waals surface area contributed by atoms with E-state index in [1.54, 1.807) is 12.2 Å². The maximum absolute atomic E-state index is 11.8. The molecule has 4 heteroatoms. The molecule has 1 aliphatic heterocycles. The van der Waals surface area contributed by atoms with Gasteiger partial charge in [0, 0.05) is 12.6 Å². The predicted molar refractivity (Wildman–Crippen MR) is 115 cm³/mol. The molecule has 1 aromatic carbocycles. The zero-order valence-corrected chi connectivity index (χ0v) is 17.2. The number of fused-ring (bicyclic) bond motifs is 1. The van der Waals surface area contributed by atoms with Gasteiger partial charge in [0.05, 0.1) is 0 Å². The number of carbonyl (C=O) groups is 1. The first kappa shape index (κ1) is 21.8. The number of nitrogens with one attached hydrogen (secondary N) is 1. The molecule has 0 saturated heterocycles. The van der Waals surface area contributed by atoms with Crippen molar-refractivity contribution in [1.82, 2.24) is 5.32 Å². The molecule has 4 nitrogen and oxygen atoms in total. The van der Waals surface area contributed by atoms with Gasteiger partial charge in [-0.2, -0.15) is 0 Å². The molecule has 0 fully saturated rings. The Labute approximate surface area is 169 Å². The molecule has 0 bridgehead atoms. The fourth-order valence-electron chi connectivity index (χ4n) is 2.86. The highest BCUT2D eigenvalue weighted by molar-refractivity contribution is 5.87. The van der Waals surface area contributed by atoms with E-state index in [-0.39, 0.29) is 12.7 Å². The lowest BCUT2D eigenvalue weighted by molar-refractivity contribution is -0.116. The molecular weight excluding hydrogens is 350 g/mol. The van der Waals surface area contributed by atoms with E-state index in [0.717, 1.165) is 48.8 Å². The van der Waals surface area contributed by atoms with Gasteiger partial charge < -0.3 is 14.8 Å². The summed E-state index contributed by atoms with van der Waals surface area (Å²) in [6.07, 6.45) is 18.6. The second-order valence-electron chi connectivity index (χ2n) is 7.41. The molecule has 0 aliphatic carbocycles. The Hall–Kier alpha value is -2.49. The highest BCUT2D eigenvalue weighted by Gasteiger charge is 2.11. The summed E-state index contributed by atoms with van der Waals surface area (Å²) in [5.41, 5.74) is 1.01. The van der Waals surface area contributed by atoms with E-state index >= 15 is 0 Å². The molecule has 1 heterocycles. The van der Waals surface area contributed by atoms with Gasteiger partial charge in [-0.15, -0.1) is 0 Å². The number of allylic oxidation sites excluding steroid dienone is 4. The smallest absolute Gasteiger partial charge is 0.243 e. The third kappa shape index (κ3) is 8.94. The molecule has 0 spiro atoms. The molecule has 1 amide bonds. The zero-order chi connectivity index (χ0) is 20.0. The molecule has 0 unspecified atom stereocenters. The van der Waals surface area contributed by atoms with Crippen LogP contribution in [0, 0.1) is 5.92 Å². The van der Waals surface area contributed by atoms with Crippen LogP contribution in [0.1, 0.15) is 57.9 Å². The maximum atomic E-state index is 11.8. The minimum atomic E-state index is -0.0560. The Morgan fingerprint density at radius 1 is 1.07 bits per heavy atom. The van der Waals surface area contributed by atoms with Crippen LogP contribution in [0.3, 0.4) is 0 Å². The lowest BCUT2D eigenvalue weighted by Gasteiger charge is -2.01. The van der Waals surface area contributed by atoms with Crippen molar-refractivity contribution in [3.8, 4) is 11.5 Å². The molecule has 0 aromatic heterocycles. The zero-order valence-electron chi connectivity index (χ0n) is 17.2. The van der Waals surface area contributed by atoms with Crippen LogP contribution < -0.4 is 14.8 Å². The average Bonchev–Trinajstić information content (AvgIpc) is 3.14. The Bertz CT molecular complexity index is 689. The normalized spacial score (nSPS) is 13.4. The highest BCUT2D eigenvalue weighted by atomic mass is 16.7. The van der Waals surface area contributed by atoms with Crippen LogP contribution in [0.5, 0.6) is 11.5 Å². The Balaban J connectivity index is 1.52. The maximum Gasteiger partial charge on any atom is 0.243 e. The number of ether oxygens (including phenoxy) is 2. The topological polar surface area (TPSA) is 47.6 Å². The third-order valence-corrected chi connectivity index (χ3v) is 4.46. The number of unbranched alkanes of at least 4 members (excludes halogenated alkanes) is 3. The molecule has 1 aliphatic rings. The van der Waals surface area contributed by atoms with Crippen molar-refractivity contribution in [1.29, 1.82) is 0 Å². The fraction of sp³-hybridized carbons (Fsp3) is 0.458. The van der Waals surface area contributed by atoms with Gasteiger partial charge in [0.2, 0.25) is 12.7 Å². The first-order chi connectivity index (χ1) is 13.6. The van der Waals surface area contributed by atoms with Gasteiger partial charge >= 0.3 is 0 Å². The van der Waals surface area contributed by atoms with Crippen molar-refractivity contribution in [3.05, 3.63) is 54.1 Å². The summed E-state index contributed by atoms with van der Waals surface area (Å²) in [4.78, 5) is 11.8. The largest absolute Gasteiger partial charge is 0.454 e. The van der Waals surface area contributed by atoms with Gasteiger partial charge in [0.15, 0.2) is 11.5 Å². The number of carbonyl (C=O) groups excluding carboxylic acids is 1. The van der Waals surface area contributed by atoms with Crippen molar-refractivity contribution in [2.75, 3.05) is 13.3 Å². The molecule has 2 rings (SSSR count). The minimum absolute atomic E-state index is 0.0560. The highest BCUT2D eigenvalue weighted by Crippen LogP contribution is 2.32. The van der Waals surface area contributed by atoms with Crippen molar-refractivity contribution >= 4 is 12.0 Å². The van der Waals surface area contributed by atoms with Crippen molar-refractivity contribution in [2.24, 2.45) is 5.92 Å². The first-order valence-corrected chi connectivity index (χ1v) is 10.3. The number of hydrogen-bond acceptors (Lipinski definition) is 3. The lowest BCUT2D eigenvalue weighted by Crippen LogP contribution is -2.21. The quantitative estimate of drug-likeness (QED) is 0.219. The van der Waals surface area contributed by atoms with Gasteiger partial charge in [-0.25, -0.2) is 0 Å². The van der Waals surface area contributed by atoms with Crippen LogP contribution in [0.2, 0.25) is 0 Å². The van der Waals surface area contributed by atoms with Crippen molar-refractivity contribution < 1.29 is 14.3 Å². The van der Waals surface area contributed by atoms with Gasteiger partial charge in [-0.3, -0.25) is 4.79 Å². The molecule has 1 aromatic rings. The number of rotatable bonds is 12. The Kier molecular flexibility index (Phi) is 9.98. The standard InChI is InChI=1S/C24H33NO3/c1-20(2)12-8-6-4-3-5-7-11-17-25-24(26)14-10-9-13-21-15-16-22-23(18-21)28-19-27-22/h3-4,9-10,13-16,18,20H,5-8,11-12,17,19H2,1-2H3,(H,25,26)/b4-3+,13-9+,14-10+. The van der Waals surface area contributed by atoms with Crippen LogP contribution in [-0.4, -0.2) is 19.2 Å². The summed E-state index contributed by atoms with van der Waals surface area (Å²) < 4.78 is 10.6. The van der Waals surface area contributed by atoms with E-state index in [2.05, 4.69) is 31.3 Å². The van der Waals surface area contributed by atoms with E-state index in [4.69, 9.17) is 9.47 Å². The Morgan fingerprint density at radius 3 is 2.68 bits per heavy atom.